The van der Waals surface area contributed by atoms with Crippen molar-refractivity contribution in [3.8, 4) is 28.5 Å². The summed E-state index contributed by atoms with van der Waals surface area (Å²) in [6.07, 6.45) is 2.06. The van der Waals surface area contributed by atoms with Gasteiger partial charge in [0, 0.05) is 12.3 Å². The van der Waals surface area contributed by atoms with Gasteiger partial charge in [0.2, 0.25) is 5.88 Å². The summed E-state index contributed by atoms with van der Waals surface area (Å²) in [6.45, 7) is 4.41. The molecule has 0 saturated heterocycles. The molecule has 0 aliphatic rings. The van der Waals surface area contributed by atoms with Crippen molar-refractivity contribution < 1.29 is 4.74 Å². The zero-order chi connectivity index (χ0) is 18.1. The zero-order valence-corrected chi connectivity index (χ0v) is 15.0. The van der Waals surface area contributed by atoms with E-state index >= 15 is 0 Å². The first-order valence-corrected chi connectivity index (χ1v) is 8.62. The minimum atomic E-state index is 0.491. The summed E-state index contributed by atoms with van der Waals surface area (Å²) in [7, 11) is 1.61. The second-order valence-corrected chi connectivity index (χ2v) is 6.51. The summed E-state index contributed by atoms with van der Waals surface area (Å²) in [5.74, 6) is 1.74. The first-order chi connectivity index (χ1) is 12.7. The molecule has 0 fully saturated rings. The van der Waals surface area contributed by atoms with E-state index in [0.717, 1.165) is 16.9 Å². The molecule has 0 saturated carbocycles. The van der Waals surface area contributed by atoms with Gasteiger partial charge in [0.1, 0.15) is 5.69 Å². The third kappa shape index (κ3) is 2.92. The molecule has 3 heterocycles. The Hall–Kier alpha value is -3.21. The molecule has 3 aromatic heterocycles. The monoisotopic (exact) mass is 344 g/mol. The molecule has 26 heavy (non-hydrogen) atoms. The van der Waals surface area contributed by atoms with Crippen LogP contribution in [0, 0.1) is 0 Å². The average molecular weight is 344 g/mol. The Labute approximate surface area is 152 Å². The Balaban J connectivity index is 1.83. The summed E-state index contributed by atoms with van der Waals surface area (Å²) in [6, 6.07) is 18.3. The molecule has 0 aliphatic heterocycles. The molecule has 0 radical (unpaired) electrons. The van der Waals surface area contributed by atoms with Gasteiger partial charge in [-0.15, -0.1) is 10.2 Å². The third-order valence-electron chi connectivity index (χ3n) is 4.45. The molecule has 4 rings (SSSR count). The number of hydrogen-bond acceptors (Lipinski definition) is 4. The van der Waals surface area contributed by atoms with Crippen LogP contribution in [-0.4, -0.2) is 26.7 Å². The van der Waals surface area contributed by atoms with Crippen LogP contribution in [0.5, 0.6) is 5.88 Å². The number of nitrogens with zero attached hydrogens (tertiary/aromatic N) is 4. The number of aromatic nitrogens is 4. The fourth-order valence-corrected chi connectivity index (χ4v) is 2.97. The second kappa shape index (κ2) is 6.59. The van der Waals surface area contributed by atoms with Crippen LogP contribution in [0.4, 0.5) is 0 Å². The maximum atomic E-state index is 5.23. The van der Waals surface area contributed by atoms with Gasteiger partial charge in [-0.2, -0.15) is 0 Å². The lowest BCUT2D eigenvalue weighted by Gasteiger charge is -2.09. The van der Waals surface area contributed by atoms with Gasteiger partial charge < -0.3 is 4.74 Å². The predicted molar refractivity (Wildman–Crippen MR) is 102 cm³/mol. The second-order valence-electron chi connectivity index (χ2n) is 6.51. The number of methoxy groups -OCH3 is 1. The van der Waals surface area contributed by atoms with E-state index < -0.39 is 0 Å². The summed E-state index contributed by atoms with van der Waals surface area (Å²) in [5.41, 5.74) is 5.12. The summed E-state index contributed by atoms with van der Waals surface area (Å²) in [4.78, 5) is 4.48. The number of pyridine rings is 2. The predicted octanol–water partition coefficient (Wildman–Crippen LogP) is 4.59. The van der Waals surface area contributed by atoms with Crippen LogP contribution in [0.15, 0.2) is 60.8 Å². The van der Waals surface area contributed by atoms with Gasteiger partial charge in [-0.05, 0) is 40.8 Å². The largest absolute Gasteiger partial charge is 0.481 e. The molecular weight excluding hydrogens is 324 g/mol. The third-order valence-corrected chi connectivity index (χ3v) is 4.45. The molecule has 0 bridgehead atoms. The lowest BCUT2D eigenvalue weighted by molar-refractivity contribution is 0.398. The molecule has 0 amide bonds. The van der Waals surface area contributed by atoms with E-state index in [9.17, 15) is 0 Å². The van der Waals surface area contributed by atoms with Crippen molar-refractivity contribution in [1.29, 1.82) is 0 Å². The summed E-state index contributed by atoms with van der Waals surface area (Å²) >= 11 is 0. The van der Waals surface area contributed by atoms with Crippen molar-refractivity contribution in [2.45, 2.75) is 19.8 Å². The standard InChI is InChI=1S/C21H20N4O/c1-14(2)15-6-4-7-16(12-15)17-10-11-19-23-24-21(25(19)13-17)18-8-5-9-20(22-18)26-3/h4-14H,1-3H3. The normalized spacial score (nSPS) is 11.2. The van der Waals surface area contributed by atoms with Gasteiger partial charge in [-0.3, -0.25) is 4.40 Å². The average Bonchev–Trinajstić information content (AvgIpc) is 3.11. The fourth-order valence-electron chi connectivity index (χ4n) is 2.97. The van der Waals surface area contributed by atoms with E-state index in [-0.39, 0.29) is 0 Å². The molecule has 5 nitrogen and oxygen atoms in total. The number of rotatable bonds is 4. The minimum absolute atomic E-state index is 0.491. The van der Waals surface area contributed by atoms with Crippen molar-refractivity contribution >= 4 is 5.65 Å². The molecule has 130 valence electrons. The summed E-state index contributed by atoms with van der Waals surface area (Å²) < 4.78 is 7.20. The van der Waals surface area contributed by atoms with Crippen LogP contribution < -0.4 is 4.74 Å². The Kier molecular flexibility index (Phi) is 4.13. The van der Waals surface area contributed by atoms with Gasteiger partial charge in [0.05, 0.1) is 7.11 Å². The molecule has 0 N–H and O–H groups in total. The van der Waals surface area contributed by atoms with Crippen LogP contribution in [0.25, 0.3) is 28.3 Å². The molecule has 0 atom stereocenters. The molecule has 0 aliphatic carbocycles. The van der Waals surface area contributed by atoms with E-state index in [1.54, 1.807) is 7.11 Å². The van der Waals surface area contributed by atoms with Gasteiger partial charge in [0.25, 0.3) is 0 Å². The quantitative estimate of drug-likeness (QED) is 0.543. The van der Waals surface area contributed by atoms with Crippen molar-refractivity contribution in [3.63, 3.8) is 0 Å². The van der Waals surface area contributed by atoms with Crippen LogP contribution in [0.3, 0.4) is 0 Å². The number of benzene rings is 1. The van der Waals surface area contributed by atoms with E-state index in [1.165, 1.54) is 11.1 Å². The zero-order valence-electron chi connectivity index (χ0n) is 15.0. The molecule has 4 aromatic rings. The van der Waals surface area contributed by atoms with Gasteiger partial charge in [-0.1, -0.05) is 44.2 Å². The fraction of sp³-hybridized carbons (Fsp3) is 0.190. The van der Waals surface area contributed by atoms with Crippen LogP contribution >= 0.6 is 0 Å². The highest BCUT2D eigenvalue weighted by molar-refractivity contribution is 5.67. The van der Waals surface area contributed by atoms with Crippen molar-refractivity contribution in [2.24, 2.45) is 0 Å². The number of fused-ring (bicyclic) bond motifs is 1. The van der Waals surface area contributed by atoms with Crippen molar-refractivity contribution in [2.75, 3.05) is 7.11 Å². The maximum Gasteiger partial charge on any atom is 0.213 e. The van der Waals surface area contributed by atoms with Gasteiger partial charge in [0.15, 0.2) is 11.5 Å². The first kappa shape index (κ1) is 16.3. The lowest BCUT2D eigenvalue weighted by Crippen LogP contribution is -1.95. The first-order valence-electron chi connectivity index (χ1n) is 8.62. The highest BCUT2D eigenvalue weighted by atomic mass is 16.5. The van der Waals surface area contributed by atoms with Crippen molar-refractivity contribution in [1.82, 2.24) is 19.6 Å². The Morgan fingerprint density at radius 2 is 1.77 bits per heavy atom. The Morgan fingerprint density at radius 1 is 0.923 bits per heavy atom. The molecule has 0 spiro atoms. The molecule has 0 unspecified atom stereocenters. The smallest absolute Gasteiger partial charge is 0.213 e. The summed E-state index contributed by atoms with van der Waals surface area (Å²) in [5, 5.41) is 8.58. The van der Waals surface area contributed by atoms with Crippen LogP contribution in [0.1, 0.15) is 25.3 Å². The Morgan fingerprint density at radius 3 is 2.58 bits per heavy atom. The lowest BCUT2D eigenvalue weighted by atomic mass is 9.98. The highest BCUT2D eigenvalue weighted by Gasteiger charge is 2.12. The minimum Gasteiger partial charge on any atom is -0.481 e. The number of hydrogen-bond donors (Lipinski definition) is 0. The van der Waals surface area contributed by atoms with Crippen LogP contribution in [0.2, 0.25) is 0 Å². The van der Waals surface area contributed by atoms with E-state index in [1.807, 2.05) is 28.7 Å². The van der Waals surface area contributed by atoms with E-state index in [2.05, 4.69) is 65.6 Å². The topological polar surface area (TPSA) is 52.3 Å². The Bertz CT molecular complexity index is 1070. The van der Waals surface area contributed by atoms with Crippen molar-refractivity contribution in [3.05, 3.63) is 66.4 Å². The highest BCUT2D eigenvalue weighted by Crippen LogP contribution is 2.26. The van der Waals surface area contributed by atoms with Gasteiger partial charge >= 0.3 is 0 Å². The SMILES string of the molecule is COc1cccc(-c2nnc3ccc(-c4cccc(C(C)C)c4)cn23)n1. The molecular formula is C21H20N4O. The number of ether oxygens (including phenoxy) is 1. The molecule has 5 heteroatoms. The van der Waals surface area contributed by atoms with E-state index in [4.69, 9.17) is 4.74 Å². The van der Waals surface area contributed by atoms with E-state index in [0.29, 0.717) is 17.6 Å². The van der Waals surface area contributed by atoms with Gasteiger partial charge in [-0.25, -0.2) is 4.98 Å². The molecule has 1 aromatic carbocycles. The van der Waals surface area contributed by atoms with Crippen LogP contribution in [-0.2, 0) is 0 Å². The maximum absolute atomic E-state index is 5.23.